The largest absolute Gasteiger partial charge is 0.507 e. The lowest BCUT2D eigenvalue weighted by atomic mass is 10.3. The summed E-state index contributed by atoms with van der Waals surface area (Å²) in [6.45, 7) is 0. The van der Waals surface area contributed by atoms with Crippen LogP contribution in [0.1, 0.15) is 0 Å². The van der Waals surface area contributed by atoms with Crippen molar-refractivity contribution in [1.82, 2.24) is 0 Å². The number of hydrogen-bond acceptors (Lipinski definition) is 3. The molecule has 0 amide bonds. The summed E-state index contributed by atoms with van der Waals surface area (Å²) in [6, 6.07) is 7.17. The van der Waals surface area contributed by atoms with Crippen LogP contribution >= 0.6 is 20.2 Å². The minimum absolute atomic E-state index is 0.246. The molecule has 0 heterocycles. The first-order valence-electron chi connectivity index (χ1n) is 3.60. The topological polar surface area (TPSA) is 37.3 Å². The molecule has 0 aliphatic heterocycles. The second-order valence-corrected chi connectivity index (χ2v) is 4.14. The SMILES string of the molecule is O=[PH+]CCSc1ccccc1O. The van der Waals surface area contributed by atoms with Crippen LogP contribution in [0, 0.1) is 0 Å². The molecule has 0 fully saturated rings. The van der Waals surface area contributed by atoms with E-state index in [2.05, 4.69) is 0 Å². The summed E-state index contributed by atoms with van der Waals surface area (Å²) in [4.78, 5) is 0.857. The van der Waals surface area contributed by atoms with E-state index in [-0.39, 0.29) is 8.46 Å². The summed E-state index contributed by atoms with van der Waals surface area (Å²) in [5.74, 6) is 1.09. The second-order valence-electron chi connectivity index (χ2n) is 2.21. The van der Waals surface area contributed by atoms with E-state index in [1.54, 1.807) is 12.1 Å². The molecule has 2 nitrogen and oxygen atoms in total. The van der Waals surface area contributed by atoms with E-state index in [4.69, 9.17) is 0 Å². The van der Waals surface area contributed by atoms with Crippen LogP contribution in [-0.2, 0) is 4.57 Å². The van der Waals surface area contributed by atoms with Crippen LogP contribution in [0.4, 0.5) is 0 Å². The van der Waals surface area contributed by atoms with Gasteiger partial charge in [-0.1, -0.05) is 16.7 Å². The first-order chi connectivity index (χ1) is 5.84. The minimum Gasteiger partial charge on any atom is -0.507 e. The normalized spacial score (nSPS) is 10.3. The van der Waals surface area contributed by atoms with Gasteiger partial charge in [0.05, 0.1) is 0 Å². The quantitative estimate of drug-likeness (QED) is 0.462. The van der Waals surface area contributed by atoms with Crippen molar-refractivity contribution in [3.8, 4) is 5.75 Å². The average molecular weight is 201 g/mol. The van der Waals surface area contributed by atoms with Crippen molar-refractivity contribution in [3.63, 3.8) is 0 Å². The van der Waals surface area contributed by atoms with Crippen LogP contribution in [0.25, 0.3) is 0 Å². The maximum Gasteiger partial charge on any atom is 0.325 e. The molecular weight excluding hydrogens is 191 g/mol. The first kappa shape index (κ1) is 9.56. The van der Waals surface area contributed by atoms with Crippen LogP contribution < -0.4 is 0 Å². The molecule has 0 radical (unpaired) electrons. The molecule has 12 heavy (non-hydrogen) atoms. The third-order valence-corrected chi connectivity index (χ3v) is 3.21. The van der Waals surface area contributed by atoms with E-state index in [1.165, 1.54) is 11.8 Å². The standard InChI is InChI=1S/C8H9O2PS/c9-7-3-1-2-4-8(7)12-6-5-11-10/h1-4,9H,5-6H2/p+1. The third-order valence-electron chi connectivity index (χ3n) is 1.33. The number of benzene rings is 1. The summed E-state index contributed by atoms with van der Waals surface area (Å²) < 4.78 is 10.2. The third kappa shape index (κ3) is 2.84. The van der Waals surface area contributed by atoms with Crippen molar-refractivity contribution in [2.45, 2.75) is 4.90 Å². The van der Waals surface area contributed by atoms with Crippen molar-refractivity contribution < 1.29 is 9.67 Å². The highest BCUT2D eigenvalue weighted by Gasteiger charge is 2.00. The van der Waals surface area contributed by atoms with Gasteiger partial charge in [0, 0.05) is 10.6 Å². The number of phenols is 1. The molecule has 1 atom stereocenters. The van der Waals surface area contributed by atoms with E-state index >= 15 is 0 Å². The van der Waals surface area contributed by atoms with Gasteiger partial charge in [0.25, 0.3) is 0 Å². The predicted octanol–water partition coefficient (Wildman–Crippen LogP) is 2.51. The molecule has 0 bridgehead atoms. The van der Waals surface area contributed by atoms with E-state index in [0.717, 1.165) is 10.6 Å². The van der Waals surface area contributed by atoms with Crippen LogP contribution in [-0.4, -0.2) is 17.0 Å². The molecule has 1 aromatic carbocycles. The lowest BCUT2D eigenvalue weighted by molar-refractivity contribution is 0.462. The zero-order valence-corrected chi connectivity index (χ0v) is 8.30. The fraction of sp³-hybridized carbons (Fsp3) is 0.250. The second kappa shape index (κ2) is 5.18. The highest BCUT2D eigenvalue weighted by atomic mass is 32.2. The van der Waals surface area contributed by atoms with Crippen molar-refractivity contribution in [2.24, 2.45) is 0 Å². The van der Waals surface area contributed by atoms with Gasteiger partial charge in [0.15, 0.2) is 6.16 Å². The highest BCUT2D eigenvalue weighted by Crippen LogP contribution is 2.27. The Morgan fingerprint density at radius 1 is 1.42 bits per heavy atom. The van der Waals surface area contributed by atoms with Crippen LogP contribution in [0.5, 0.6) is 5.75 Å². The summed E-state index contributed by atoms with van der Waals surface area (Å²) in [5, 5.41) is 9.31. The first-order valence-corrected chi connectivity index (χ1v) is 5.70. The molecule has 1 unspecified atom stereocenters. The molecule has 0 aromatic heterocycles. The van der Waals surface area contributed by atoms with Gasteiger partial charge in [-0.2, -0.15) is 0 Å². The number of para-hydroxylation sites is 1. The Bertz CT molecular complexity index is 265. The summed E-state index contributed by atoms with van der Waals surface area (Å²) in [6.07, 6.45) is 0.680. The molecule has 0 aliphatic rings. The van der Waals surface area contributed by atoms with E-state index in [9.17, 15) is 9.67 Å². The van der Waals surface area contributed by atoms with Crippen molar-refractivity contribution >= 4 is 20.2 Å². The molecule has 0 saturated carbocycles. The van der Waals surface area contributed by atoms with Crippen molar-refractivity contribution in [3.05, 3.63) is 24.3 Å². The fourth-order valence-corrected chi connectivity index (χ4v) is 2.13. The zero-order chi connectivity index (χ0) is 8.81. The molecule has 64 valence electrons. The molecule has 0 saturated heterocycles. The van der Waals surface area contributed by atoms with E-state index in [1.807, 2.05) is 12.1 Å². The van der Waals surface area contributed by atoms with Gasteiger partial charge in [-0.05, 0) is 12.1 Å². The minimum atomic E-state index is -0.246. The Morgan fingerprint density at radius 2 is 2.17 bits per heavy atom. The fourth-order valence-electron chi connectivity index (χ4n) is 0.782. The van der Waals surface area contributed by atoms with Gasteiger partial charge in [0.1, 0.15) is 5.75 Å². The van der Waals surface area contributed by atoms with Gasteiger partial charge in [-0.3, -0.25) is 0 Å². The number of phenolic OH excluding ortho intramolecular Hbond substituents is 1. The maximum atomic E-state index is 10.2. The lowest BCUT2D eigenvalue weighted by Crippen LogP contribution is -1.79. The predicted molar refractivity (Wildman–Crippen MR) is 52.7 cm³/mol. The van der Waals surface area contributed by atoms with Crippen LogP contribution in [0.15, 0.2) is 29.2 Å². The van der Waals surface area contributed by atoms with Crippen molar-refractivity contribution in [2.75, 3.05) is 11.9 Å². The summed E-state index contributed by atoms with van der Waals surface area (Å²) >= 11 is 1.53. The van der Waals surface area contributed by atoms with E-state index in [0.29, 0.717) is 11.9 Å². The zero-order valence-electron chi connectivity index (χ0n) is 6.49. The lowest BCUT2D eigenvalue weighted by Gasteiger charge is -1.99. The number of rotatable bonds is 4. The van der Waals surface area contributed by atoms with Gasteiger partial charge >= 0.3 is 8.46 Å². The Hall–Kier alpha value is -0.530. The summed E-state index contributed by atoms with van der Waals surface area (Å²) in [7, 11) is -0.246. The molecule has 4 heteroatoms. The Labute approximate surface area is 77.2 Å². The smallest absolute Gasteiger partial charge is 0.325 e. The van der Waals surface area contributed by atoms with E-state index < -0.39 is 0 Å². The molecule has 0 spiro atoms. The maximum absolute atomic E-state index is 10.2. The van der Waals surface area contributed by atoms with Gasteiger partial charge in [-0.25, -0.2) is 0 Å². The van der Waals surface area contributed by atoms with Gasteiger partial charge in [0.2, 0.25) is 0 Å². The monoisotopic (exact) mass is 201 g/mol. The Morgan fingerprint density at radius 3 is 2.83 bits per heavy atom. The molecule has 1 aromatic rings. The molecular formula is C8H10O2PS+. The average Bonchev–Trinajstić information content (AvgIpc) is 2.09. The number of thioether (sulfide) groups is 1. The van der Waals surface area contributed by atoms with Crippen LogP contribution in [0.2, 0.25) is 0 Å². The van der Waals surface area contributed by atoms with Gasteiger partial charge < -0.3 is 5.11 Å². The molecule has 0 aliphatic carbocycles. The summed E-state index contributed by atoms with van der Waals surface area (Å²) in [5.41, 5.74) is 0. The molecule has 1 rings (SSSR count). The molecule has 1 N–H and O–H groups in total. The number of hydrogen-bond donors (Lipinski definition) is 1. The van der Waals surface area contributed by atoms with Gasteiger partial charge in [-0.15, -0.1) is 11.8 Å². The van der Waals surface area contributed by atoms with Crippen molar-refractivity contribution in [1.29, 1.82) is 0 Å². The Kier molecular flexibility index (Phi) is 4.12. The van der Waals surface area contributed by atoms with Crippen LogP contribution in [0.3, 0.4) is 0 Å². The Balaban J connectivity index is 2.51. The number of aromatic hydroxyl groups is 1. The highest BCUT2D eigenvalue weighted by molar-refractivity contribution is 7.99.